The summed E-state index contributed by atoms with van der Waals surface area (Å²) in [7, 11) is 0. The van der Waals surface area contributed by atoms with Gasteiger partial charge in [-0.2, -0.15) is 0 Å². The lowest BCUT2D eigenvalue weighted by Crippen LogP contribution is -2.59. The molecule has 5 heteroatoms. The number of rotatable bonds is 4. The van der Waals surface area contributed by atoms with Gasteiger partial charge in [-0.25, -0.2) is 4.79 Å². The van der Waals surface area contributed by atoms with Gasteiger partial charge in [-0.3, -0.25) is 4.79 Å². The number of aliphatic carboxylic acids is 1. The Morgan fingerprint density at radius 1 is 1.20 bits per heavy atom. The second kappa shape index (κ2) is 5.72. The van der Waals surface area contributed by atoms with E-state index in [2.05, 4.69) is 5.32 Å². The molecule has 0 spiro atoms. The molecule has 5 nitrogen and oxygen atoms in total. The second-order valence-electron chi connectivity index (χ2n) is 6.16. The van der Waals surface area contributed by atoms with Gasteiger partial charge in [-0.05, 0) is 45.1 Å². The second-order valence-corrected chi connectivity index (χ2v) is 6.16. The molecule has 2 unspecified atom stereocenters. The lowest BCUT2D eigenvalue weighted by Gasteiger charge is -2.43. The summed E-state index contributed by atoms with van der Waals surface area (Å²) in [6.45, 7) is 6.12. The molecule has 2 fully saturated rings. The molecule has 0 aromatic carbocycles. The van der Waals surface area contributed by atoms with Gasteiger partial charge in [0.2, 0.25) is 5.91 Å². The van der Waals surface area contributed by atoms with Crippen LogP contribution >= 0.6 is 0 Å². The van der Waals surface area contributed by atoms with Crippen LogP contribution in [-0.2, 0) is 9.59 Å². The zero-order valence-electron chi connectivity index (χ0n) is 12.6. The number of carboxylic acids is 1. The van der Waals surface area contributed by atoms with Gasteiger partial charge in [0.15, 0.2) is 0 Å². The van der Waals surface area contributed by atoms with E-state index in [0.717, 1.165) is 32.2 Å². The number of carbonyl (C=O) groups excluding carboxylic acids is 1. The first-order chi connectivity index (χ1) is 9.52. The molecule has 0 saturated carbocycles. The van der Waals surface area contributed by atoms with Crippen LogP contribution in [0.2, 0.25) is 0 Å². The molecule has 2 N–H and O–H groups in total. The van der Waals surface area contributed by atoms with E-state index < -0.39 is 16.9 Å². The number of carbonyl (C=O) groups is 2. The third-order valence-electron chi connectivity index (χ3n) is 5.32. The fourth-order valence-electron chi connectivity index (χ4n) is 3.81. The fourth-order valence-corrected chi connectivity index (χ4v) is 3.81. The number of carboxylic acid groups (broad SMARTS) is 1. The Morgan fingerprint density at radius 3 is 2.45 bits per heavy atom. The summed E-state index contributed by atoms with van der Waals surface area (Å²) in [4.78, 5) is 26.5. The summed E-state index contributed by atoms with van der Waals surface area (Å²) >= 11 is 0. The Hall–Kier alpha value is -1.10. The van der Waals surface area contributed by atoms with Gasteiger partial charge in [0, 0.05) is 13.1 Å². The first kappa shape index (κ1) is 15.3. The molecule has 114 valence electrons. The number of amides is 1. The average molecular weight is 282 g/mol. The molecule has 20 heavy (non-hydrogen) atoms. The van der Waals surface area contributed by atoms with E-state index in [9.17, 15) is 14.7 Å². The minimum atomic E-state index is -0.975. The maximum absolute atomic E-state index is 13.1. The molecule has 2 aliphatic heterocycles. The molecule has 0 radical (unpaired) electrons. The lowest BCUT2D eigenvalue weighted by molar-refractivity contribution is -0.162. The number of nitrogens with one attached hydrogen (secondary N) is 1. The zero-order chi connectivity index (χ0) is 14.8. The summed E-state index contributed by atoms with van der Waals surface area (Å²) in [5.74, 6) is -0.796. The molecule has 2 rings (SSSR count). The first-order valence-corrected chi connectivity index (χ1v) is 7.78. The molecule has 0 aliphatic carbocycles. The summed E-state index contributed by atoms with van der Waals surface area (Å²) < 4.78 is 0. The smallest absolute Gasteiger partial charge is 0.329 e. The van der Waals surface area contributed by atoms with Crippen LogP contribution in [0.15, 0.2) is 0 Å². The van der Waals surface area contributed by atoms with Gasteiger partial charge in [-0.1, -0.05) is 13.8 Å². The van der Waals surface area contributed by atoms with Gasteiger partial charge in [-0.15, -0.1) is 0 Å². The summed E-state index contributed by atoms with van der Waals surface area (Å²) in [6, 6.07) is 0. The number of hydrogen-bond acceptors (Lipinski definition) is 3. The maximum atomic E-state index is 13.1. The molecule has 0 aromatic rings. The normalized spacial score (nSPS) is 34.2. The van der Waals surface area contributed by atoms with Crippen molar-refractivity contribution in [2.24, 2.45) is 5.41 Å². The standard InChI is InChI=1S/C15H26N2O3/c1-3-14(7-5-9-16-11-14)12(18)17-10-6-8-15(17,4-2)13(19)20/h16H,3-11H2,1-2H3,(H,19,20). The van der Waals surface area contributed by atoms with Crippen molar-refractivity contribution in [2.75, 3.05) is 19.6 Å². The summed E-state index contributed by atoms with van der Waals surface area (Å²) in [5.41, 5.74) is -1.38. The SMILES string of the molecule is CCC1(C(=O)N2CCCC2(CC)C(=O)O)CCCNC1. The Kier molecular flexibility index (Phi) is 4.37. The Labute approximate surface area is 120 Å². The predicted molar refractivity (Wildman–Crippen MR) is 76.4 cm³/mol. The van der Waals surface area contributed by atoms with Crippen LogP contribution in [0.25, 0.3) is 0 Å². The van der Waals surface area contributed by atoms with E-state index >= 15 is 0 Å². The average Bonchev–Trinajstić information content (AvgIpc) is 2.92. The van der Waals surface area contributed by atoms with Crippen LogP contribution in [0, 0.1) is 5.41 Å². The number of likely N-dealkylation sites (tertiary alicyclic amines) is 1. The van der Waals surface area contributed by atoms with Gasteiger partial charge in [0.25, 0.3) is 0 Å². The van der Waals surface area contributed by atoms with E-state index in [1.54, 1.807) is 4.90 Å². The molecule has 1 amide bonds. The molecule has 2 saturated heterocycles. The molecule has 0 aromatic heterocycles. The minimum Gasteiger partial charge on any atom is -0.479 e. The largest absolute Gasteiger partial charge is 0.479 e. The van der Waals surface area contributed by atoms with E-state index in [1.807, 2.05) is 13.8 Å². The number of piperidine rings is 1. The Balaban J connectivity index is 2.28. The van der Waals surface area contributed by atoms with Crippen LogP contribution in [0.4, 0.5) is 0 Å². The van der Waals surface area contributed by atoms with Crippen molar-refractivity contribution in [3.05, 3.63) is 0 Å². The highest BCUT2D eigenvalue weighted by Crippen LogP contribution is 2.40. The van der Waals surface area contributed by atoms with Crippen molar-refractivity contribution in [1.29, 1.82) is 0 Å². The summed E-state index contributed by atoms with van der Waals surface area (Å²) in [6.07, 6.45) is 4.48. The van der Waals surface area contributed by atoms with Crippen molar-refractivity contribution in [1.82, 2.24) is 10.2 Å². The minimum absolute atomic E-state index is 0.0500. The van der Waals surface area contributed by atoms with Gasteiger partial charge >= 0.3 is 5.97 Å². The zero-order valence-corrected chi connectivity index (χ0v) is 12.6. The topological polar surface area (TPSA) is 69.6 Å². The van der Waals surface area contributed by atoms with E-state index in [-0.39, 0.29) is 5.91 Å². The van der Waals surface area contributed by atoms with Gasteiger partial charge in [0.05, 0.1) is 5.41 Å². The van der Waals surface area contributed by atoms with Crippen LogP contribution in [0.3, 0.4) is 0 Å². The number of nitrogens with zero attached hydrogens (tertiary/aromatic N) is 1. The highest BCUT2D eigenvalue weighted by molar-refractivity contribution is 5.91. The molecule has 2 aliphatic rings. The number of hydrogen-bond donors (Lipinski definition) is 2. The lowest BCUT2D eigenvalue weighted by atomic mass is 9.76. The van der Waals surface area contributed by atoms with Crippen LogP contribution < -0.4 is 5.32 Å². The Bertz CT molecular complexity index is 391. The van der Waals surface area contributed by atoms with E-state index in [1.165, 1.54) is 0 Å². The molecule has 2 heterocycles. The third kappa shape index (κ3) is 2.22. The fraction of sp³-hybridized carbons (Fsp3) is 0.867. The van der Waals surface area contributed by atoms with Crippen molar-refractivity contribution in [3.8, 4) is 0 Å². The van der Waals surface area contributed by atoms with Gasteiger partial charge < -0.3 is 15.3 Å². The van der Waals surface area contributed by atoms with Crippen molar-refractivity contribution >= 4 is 11.9 Å². The van der Waals surface area contributed by atoms with Crippen molar-refractivity contribution < 1.29 is 14.7 Å². The summed E-state index contributed by atoms with van der Waals surface area (Å²) in [5, 5.41) is 12.9. The highest BCUT2D eigenvalue weighted by Gasteiger charge is 2.53. The van der Waals surface area contributed by atoms with Crippen LogP contribution in [0.1, 0.15) is 52.4 Å². The molecule has 0 bridgehead atoms. The highest BCUT2D eigenvalue weighted by atomic mass is 16.4. The van der Waals surface area contributed by atoms with Gasteiger partial charge in [0.1, 0.15) is 5.54 Å². The third-order valence-corrected chi connectivity index (χ3v) is 5.32. The first-order valence-electron chi connectivity index (χ1n) is 7.78. The monoisotopic (exact) mass is 282 g/mol. The molecule has 2 atom stereocenters. The quantitative estimate of drug-likeness (QED) is 0.822. The molecular formula is C15H26N2O3. The molecular weight excluding hydrogens is 256 g/mol. The van der Waals surface area contributed by atoms with Crippen molar-refractivity contribution in [2.45, 2.75) is 57.9 Å². The predicted octanol–water partition coefficient (Wildman–Crippen LogP) is 1.62. The van der Waals surface area contributed by atoms with E-state index in [4.69, 9.17) is 0 Å². The van der Waals surface area contributed by atoms with E-state index in [0.29, 0.717) is 25.9 Å². The van der Waals surface area contributed by atoms with Crippen LogP contribution in [-0.4, -0.2) is 47.1 Å². The maximum Gasteiger partial charge on any atom is 0.329 e. The van der Waals surface area contributed by atoms with Crippen LogP contribution in [0.5, 0.6) is 0 Å². The Morgan fingerprint density at radius 2 is 1.95 bits per heavy atom. The van der Waals surface area contributed by atoms with Crippen molar-refractivity contribution in [3.63, 3.8) is 0 Å².